The van der Waals surface area contributed by atoms with Crippen molar-refractivity contribution in [1.29, 1.82) is 0 Å². The summed E-state index contributed by atoms with van der Waals surface area (Å²) in [5.74, 6) is 0.604. The Labute approximate surface area is 154 Å². The molecular formula is C19H27N5O2. The smallest absolute Gasteiger partial charge is 0.269 e. The van der Waals surface area contributed by atoms with Gasteiger partial charge in [0.2, 0.25) is 0 Å². The number of rotatable bonds is 8. The van der Waals surface area contributed by atoms with E-state index in [2.05, 4.69) is 22.2 Å². The number of aromatic nitrogens is 2. The lowest BCUT2D eigenvalue weighted by molar-refractivity contribution is -0.384. The predicted octanol–water partition coefficient (Wildman–Crippen LogP) is 2.82. The van der Waals surface area contributed by atoms with E-state index in [9.17, 15) is 10.1 Å². The zero-order valence-corrected chi connectivity index (χ0v) is 15.5. The van der Waals surface area contributed by atoms with Crippen LogP contribution < -0.4 is 5.32 Å². The topological polar surface area (TPSA) is 76.2 Å². The summed E-state index contributed by atoms with van der Waals surface area (Å²) in [4.78, 5) is 13.0. The predicted molar refractivity (Wildman–Crippen MR) is 102 cm³/mol. The van der Waals surface area contributed by atoms with Gasteiger partial charge in [0.15, 0.2) is 0 Å². The number of nitrogens with zero attached hydrogens (tertiary/aromatic N) is 4. The Morgan fingerprint density at radius 3 is 2.62 bits per heavy atom. The molecule has 1 saturated heterocycles. The van der Waals surface area contributed by atoms with E-state index in [4.69, 9.17) is 0 Å². The second kappa shape index (κ2) is 8.42. The van der Waals surface area contributed by atoms with Gasteiger partial charge < -0.3 is 10.2 Å². The zero-order valence-electron chi connectivity index (χ0n) is 15.5. The Morgan fingerprint density at radius 1 is 1.27 bits per heavy atom. The molecule has 140 valence electrons. The lowest BCUT2D eigenvalue weighted by Gasteiger charge is -2.20. The monoisotopic (exact) mass is 357 g/mol. The second-order valence-electron chi connectivity index (χ2n) is 7.22. The molecule has 2 heterocycles. The summed E-state index contributed by atoms with van der Waals surface area (Å²) in [6.07, 6.45) is 4.66. The van der Waals surface area contributed by atoms with Crippen LogP contribution in [0.2, 0.25) is 0 Å². The summed E-state index contributed by atoms with van der Waals surface area (Å²) < 4.78 is 1.79. The average Bonchev–Trinajstić information content (AvgIpc) is 3.24. The molecule has 0 aliphatic carbocycles. The van der Waals surface area contributed by atoms with Crippen molar-refractivity contribution in [3.8, 4) is 11.3 Å². The van der Waals surface area contributed by atoms with Crippen molar-refractivity contribution in [1.82, 2.24) is 20.0 Å². The van der Waals surface area contributed by atoms with Crippen LogP contribution in [0.4, 0.5) is 5.69 Å². The van der Waals surface area contributed by atoms with Gasteiger partial charge in [-0.1, -0.05) is 6.92 Å². The maximum atomic E-state index is 10.8. The average molecular weight is 357 g/mol. The highest BCUT2D eigenvalue weighted by atomic mass is 16.6. The number of non-ortho nitro benzene ring substituents is 1. The summed E-state index contributed by atoms with van der Waals surface area (Å²) in [7, 11) is 1.90. The molecule has 0 radical (unpaired) electrons. The van der Waals surface area contributed by atoms with Gasteiger partial charge in [-0.3, -0.25) is 14.8 Å². The van der Waals surface area contributed by atoms with Crippen molar-refractivity contribution >= 4 is 5.69 Å². The molecule has 1 aromatic heterocycles. The van der Waals surface area contributed by atoms with Crippen molar-refractivity contribution in [3.05, 3.63) is 46.1 Å². The van der Waals surface area contributed by atoms with Crippen molar-refractivity contribution in [3.63, 3.8) is 0 Å². The van der Waals surface area contributed by atoms with Gasteiger partial charge in [-0.25, -0.2) is 0 Å². The minimum Gasteiger partial charge on any atom is -0.312 e. The number of hydrogen-bond donors (Lipinski definition) is 1. The third kappa shape index (κ3) is 4.68. The molecule has 1 atom stereocenters. The summed E-state index contributed by atoms with van der Waals surface area (Å²) in [6, 6.07) is 6.58. The third-order valence-electron chi connectivity index (χ3n) is 4.83. The molecule has 7 nitrogen and oxygen atoms in total. The normalized spacial score (nSPS) is 16.1. The van der Waals surface area contributed by atoms with Crippen LogP contribution in [0.5, 0.6) is 0 Å². The first-order valence-electron chi connectivity index (χ1n) is 9.23. The number of hydrogen-bond acceptors (Lipinski definition) is 5. The Kier molecular flexibility index (Phi) is 6.00. The van der Waals surface area contributed by atoms with Crippen LogP contribution in [-0.2, 0) is 13.6 Å². The van der Waals surface area contributed by atoms with Gasteiger partial charge in [0.25, 0.3) is 5.69 Å². The first-order valence-corrected chi connectivity index (χ1v) is 9.23. The van der Waals surface area contributed by atoms with Gasteiger partial charge in [-0.15, -0.1) is 0 Å². The Hall–Kier alpha value is -2.25. The molecule has 26 heavy (non-hydrogen) atoms. The fraction of sp³-hybridized carbons (Fsp3) is 0.526. The van der Waals surface area contributed by atoms with Gasteiger partial charge in [0, 0.05) is 49.6 Å². The molecule has 3 rings (SSSR count). The quantitative estimate of drug-likeness (QED) is 0.581. The van der Waals surface area contributed by atoms with Crippen LogP contribution in [0.25, 0.3) is 11.3 Å². The summed E-state index contributed by atoms with van der Waals surface area (Å²) >= 11 is 0. The number of aryl methyl sites for hydroxylation is 1. The van der Waals surface area contributed by atoms with Crippen LogP contribution >= 0.6 is 0 Å². The van der Waals surface area contributed by atoms with E-state index < -0.39 is 0 Å². The van der Waals surface area contributed by atoms with E-state index in [0.717, 1.165) is 36.5 Å². The molecular weight excluding hydrogens is 330 g/mol. The maximum Gasteiger partial charge on any atom is 0.269 e. The van der Waals surface area contributed by atoms with E-state index >= 15 is 0 Å². The first-order chi connectivity index (χ1) is 12.5. The number of benzene rings is 1. The largest absolute Gasteiger partial charge is 0.312 e. The molecule has 2 aromatic rings. The molecule has 0 spiro atoms. The van der Waals surface area contributed by atoms with Gasteiger partial charge >= 0.3 is 0 Å². The van der Waals surface area contributed by atoms with Crippen molar-refractivity contribution in [2.75, 3.05) is 26.2 Å². The lowest BCUT2D eigenvalue weighted by atomic mass is 10.1. The summed E-state index contributed by atoms with van der Waals surface area (Å²) in [6.45, 7) is 7.60. The van der Waals surface area contributed by atoms with E-state index in [1.807, 2.05) is 13.2 Å². The van der Waals surface area contributed by atoms with Gasteiger partial charge in [0.05, 0.1) is 10.6 Å². The van der Waals surface area contributed by atoms with Crippen molar-refractivity contribution < 1.29 is 4.92 Å². The maximum absolute atomic E-state index is 10.8. The summed E-state index contributed by atoms with van der Waals surface area (Å²) in [5.41, 5.74) is 2.98. The van der Waals surface area contributed by atoms with Crippen LogP contribution in [0, 0.1) is 16.0 Å². The van der Waals surface area contributed by atoms with E-state index in [0.29, 0.717) is 5.92 Å². The van der Waals surface area contributed by atoms with Crippen LogP contribution in [0.15, 0.2) is 30.5 Å². The SMILES string of the molecule is CC(CNCc1cn(C)nc1-c1ccc([N+](=O)[O-])cc1)CN1CCCC1. The van der Waals surface area contributed by atoms with Crippen LogP contribution in [0.1, 0.15) is 25.3 Å². The van der Waals surface area contributed by atoms with Gasteiger partial charge in [-0.05, 0) is 50.5 Å². The number of likely N-dealkylation sites (tertiary alicyclic amines) is 1. The molecule has 1 unspecified atom stereocenters. The van der Waals surface area contributed by atoms with Gasteiger partial charge in [0.1, 0.15) is 0 Å². The fourth-order valence-corrected chi connectivity index (χ4v) is 3.57. The lowest BCUT2D eigenvalue weighted by Crippen LogP contribution is -2.31. The highest BCUT2D eigenvalue weighted by Crippen LogP contribution is 2.24. The van der Waals surface area contributed by atoms with E-state index in [1.165, 1.54) is 38.1 Å². The Morgan fingerprint density at radius 2 is 1.96 bits per heavy atom. The number of nitrogens with one attached hydrogen (secondary N) is 1. The van der Waals surface area contributed by atoms with Crippen molar-refractivity contribution in [2.45, 2.75) is 26.3 Å². The minimum absolute atomic E-state index is 0.0973. The second-order valence-corrected chi connectivity index (χ2v) is 7.22. The molecule has 1 aliphatic rings. The van der Waals surface area contributed by atoms with E-state index in [1.54, 1.807) is 16.8 Å². The van der Waals surface area contributed by atoms with Crippen molar-refractivity contribution in [2.24, 2.45) is 13.0 Å². The zero-order chi connectivity index (χ0) is 18.5. The molecule has 1 aromatic carbocycles. The molecule has 1 N–H and O–H groups in total. The summed E-state index contributed by atoms with van der Waals surface area (Å²) in [5, 5.41) is 18.9. The van der Waals surface area contributed by atoms with Gasteiger partial charge in [-0.2, -0.15) is 5.10 Å². The molecule has 1 fully saturated rings. The Balaban J connectivity index is 1.59. The standard InChI is InChI=1S/C19H27N5O2/c1-15(13-23-9-3-4-10-23)11-20-12-17-14-22(2)21-19(17)16-5-7-18(8-6-16)24(25)26/h5-8,14-15,20H,3-4,9-13H2,1-2H3. The van der Waals surface area contributed by atoms with Crippen LogP contribution in [-0.4, -0.2) is 45.8 Å². The minimum atomic E-state index is -0.383. The Bertz CT molecular complexity index is 735. The first kappa shape index (κ1) is 18.5. The van der Waals surface area contributed by atoms with Crippen LogP contribution in [0.3, 0.4) is 0 Å². The highest BCUT2D eigenvalue weighted by molar-refractivity contribution is 5.64. The third-order valence-corrected chi connectivity index (χ3v) is 4.83. The molecule has 0 amide bonds. The molecule has 0 bridgehead atoms. The molecule has 1 aliphatic heterocycles. The fourth-order valence-electron chi connectivity index (χ4n) is 3.57. The molecule has 7 heteroatoms. The molecule has 0 saturated carbocycles. The number of nitro benzene ring substituents is 1. The highest BCUT2D eigenvalue weighted by Gasteiger charge is 2.15. The number of nitro groups is 1. The van der Waals surface area contributed by atoms with E-state index in [-0.39, 0.29) is 10.6 Å².